The highest BCUT2D eigenvalue weighted by Gasteiger charge is 2.28. The van der Waals surface area contributed by atoms with Crippen LogP contribution in [0.15, 0.2) is 16.9 Å². The van der Waals surface area contributed by atoms with Gasteiger partial charge >= 0.3 is 5.97 Å². The Balaban J connectivity index is 3.37. The molecule has 0 spiro atoms. The average Bonchev–Trinajstić information content (AvgIpc) is 2.16. The van der Waals surface area contributed by atoms with E-state index < -0.39 is 22.7 Å². The molecule has 1 rings (SSSR count). The van der Waals surface area contributed by atoms with Crippen LogP contribution < -0.4 is 0 Å². The number of aliphatic carboxylic acids is 1. The molecule has 1 aromatic rings. The van der Waals surface area contributed by atoms with E-state index in [4.69, 9.17) is 5.11 Å². The Morgan fingerprint density at radius 2 is 2.27 bits per heavy atom. The summed E-state index contributed by atoms with van der Waals surface area (Å²) >= 11 is 2.85. The van der Waals surface area contributed by atoms with Crippen molar-refractivity contribution >= 4 is 27.6 Å². The van der Waals surface area contributed by atoms with Crippen molar-refractivity contribution in [3.63, 3.8) is 0 Å². The summed E-state index contributed by atoms with van der Waals surface area (Å²) in [7, 11) is 0. The van der Waals surface area contributed by atoms with Crippen LogP contribution in [0.1, 0.15) is 11.7 Å². The molecule has 8 heteroatoms. The molecule has 0 aliphatic heterocycles. The molecule has 15 heavy (non-hydrogen) atoms. The lowest BCUT2D eigenvalue weighted by molar-refractivity contribution is -0.386. The van der Waals surface area contributed by atoms with Crippen LogP contribution in [0.25, 0.3) is 0 Å². The van der Waals surface area contributed by atoms with Gasteiger partial charge in [0.2, 0.25) is 0 Å². The van der Waals surface area contributed by atoms with Crippen molar-refractivity contribution in [1.29, 1.82) is 0 Å². The Hall–Kier alpha value is -1.54. The number of carbonyl (C=O) groups is 1. The van der Waals surface area contributed by atoms with Gasteiger partial charge in [-0.25, -0.2) is 9.78 Å². The number of aromatic nitrogens is 1. The summed E-state index contributed by atoms with van der Waals surface area (Å²) in [6.45, 7) is 0. The number of rotatable bonds is 3. The highest BCUT2D eigenvalue weighted by Crippen LogP contribution is 2.30. The molecule has 80 valence electrons. The first kappa shape index (κ1) is 11.5. The van der Waals surface area contributed by atoms with E-state index in [0.29, 0.717) is 0 Å². The molecule has 0 aliphatic rings. The molecular formula is C7H5BrN2O5. The second-order valence-electron chi connectivity index (χ2n) is 2.53. The third-order valence-corrected chi connectivity index (χ3v) is 2.25. The Morgan fingerprint density at radius 3 is 2.73 bits per heavy atom. The van der Waals surface area contributed by atoms with Gasteiger partial charge in [0.25, 0.3) is 5.69 Å². The topological polar surface area (TPSA) is 114 Å². The second-order valence-corrected chi connectivity index (χ2v) is 3.28. The SMILES string of the molecule is O=C(O)C(O)c1c([N+](=O)[O-])ccnc1Br. The van der Waals surface area contributed by atoms with Crippen LogP contribution in [-0.2, 0) is 4.79 Å². The van der Waals surface area contributed by atoms with Crippen LogP contribution in [-0.4, -0.2) is 26.1 Å². The van der Waals surface area contributed by atoms with Crippen molar-refractivity contribution in [3.05, 3.63) is 32.5 Å². The Labute approximate surface area is 91.7 Å². The van der Waals surface area contributed by atoms with Gasteiger partial charge in [0, 0.05) is 12.3 Å². The number of carboxylic acids is 1. The predicted molar refractivity (Wildman–Crippen MR) is 51.2 cm³/mol. The maximum Gasteiger partial charge on any atom is 0.337 e. The van der Waals surface area contributed by atoms with Crippen LogP contribution in [0.2, 0.25) is 0 Å². The van der Waals surface area contributed by atoms with Crippen molar-refractivity contribution in [2.45, 2.75) is 6.10 Å². The predicted octanol–water partition coefficient (Wildman–Crippen LogP) is 0.870. The third kappa shape index (κ3) is 2.28. The van der Waals surface area contributed by atoms with Crippen LogP contribution in [0.3, 0.4) is 0 Å². The van der Waals surface area contributed by atoms with Gasteiger partial charge in [-0.1, -0.05) is 0 Å². The molecule has 0 saturated carbocycles. The van der Waals surface area contributed by atoms with Crippen molar-refractivity contribution in [1.82, 2.24) is 4.98 Å². The zero-order chi connectivity index (χ0) is 11.6. The number of aliphatic hydroxyl groups is 1. The maximum atomic E-state index is 10.6. The molecule has 1 unspecified atom stereocenters. The highest BCUT2D eigenvalue weighted by molar-refractivity contribution is 9.10. The summed E-state index contributed by atoms with van der Waals surface area (Å²) in [4.78, 5) is 23.9. The van der Waals surface area contributed by atoms with Crippen LogP contribution >= 0.6 is 15.9 Å². The van der Waals surface area contributed by atoms with Crippen LogP contribution in [0, 0.1) is 10.1 Å². The molecule has 2 N–H and O–H groups in total. The number of hydrogen-bond donors (Lipinski definition) is 2. The summed E-state index contributed by atoms with van der Waals surface area (Å²) in [6, 6.07) is 1.02. The quantitative estimate of drug-likeness (QED) is 0.481. The Morgan fingerprint density at radius 1 is 1.67 bits per heavy atom. The summed E-state index contributed by atoms with van der Waals surface area (Å²) in [5.74, 6) is -1.58. The number of nitro groups is 1. The van der Waals surface area contributed by atoms with E-state index >= 15 is 0 Å². The molecule has 1 atom stereocenters. The van der Waals surface area contributed by atoms with E-state index in [0.717, 1.165) is 12.3 Å². The molecule has 0 saturated heterocycles. The molecular weight excluding hydrogens is 272 g/mol. The number of pyridine rings is 1. The third-order valence-electron chi connectivity index (χ3n) is 1.62. The van der Waals surface area contributed by atoms with Crippen molar-refractivity contribution in [2.75, 3.05) is 0 Å². The van der Waals surface area contributed by atoms with E-state index in [9.17, 15) is 20.0 Å². The number of halogens is 1. The number of aliphatic hydroxyl groups excluding tert-OH is 1. The Bertz CT molecular complexity index is 422. The van der Waals surface area contributed by atoms with E-state index in [2.05, 4.69) is 20.9 Å². The van der Waals surface area contributed by atoms with Crippen molar-refractivity contribution in [2.24, 2.45) is 0 Å². The number of nitrogens with zero attached hydrogens (tertiary/aromatic N) is 2. The maximum absolute atomic E-state index is 10.6. The fourth-order valence-electron chi connectivity index (χ4n) is 0.974. The molecule has 0 aromatic carbocycles. The molecule has 0 aliphatic carbocycles. The minimum atomic E-state index is -1.98. The molecule has 7 nitrogen and oxygen atoms in total. The van der Waals surface area contributed by atoms with Gasteiger partial charge < -0.3 is 10.2 Å². The first-order valence-electron chi connectivity index (χ1n) is 3.64. The summed E-state index contributed by atoms with van der Waals surface area (Å²) in [5, 5.41) is 28.3. The lowest BCUT2D eigenvalue weighted by Gasteiger charge is -2.07. The normalized spacial score (nSPS) is 12.1. The minimum absolute atomic E-state index is 0.0633. The fourth-order valence-corrected chi connectivity index (χ4v) is 1.51. The average molecular weight is 277 g/mol. The van der Waals surface area contributed by atoms with Gasteiger partial charge in [-0.15, -0.1) is 0 Å². The van der Waals surface area contributed by atoms with Gasteiger partial charge in [0.05, 0.1) is 4.92 Å². The molecule has 0 amide bonds. The summed E-state index contributed by atoms with van der Waals surface area (Å²) in [5.41, 5.74) is -0.859. The van der Waals surface area contributed by atoms with Gasteiger partial charge in [0.1, 0.15) is 10.2 Å². The van der Waals surface area contributed by atoms with E-state index in [1.807, 2.05) is 0 Å². The van der Waals surface area contributed by atoms with Crippen molar-refractivity contribution < 1.29 is 19.9 Å². The fraction of sp³-hybridized carbons (Fsp3) is 0.143. The minimum Gasteiger partial charge on any atom is -0.479 e. The summed E-state index contributed by atoms with van der Waals surface area (Å²) < 4.78 is -0.0633. The highest BCUT2D eigenvalue weighted by atomic mass is 79.9. The van der Waals surface area contributed by atoms with E-state index in [1.165, 1.54) is 0 Å². The monoisotopic (exact) mass is 276 g/mol. The summed E-state index contributed by atoms with van der Waals surface area (Å²) in [6.07, 6.45) is -0.839. The lowest BCUT2D eigenvalue weighted by atomic mass is 10.1. The van der Waals surface area contributed by atoms with Crippen LogP contribution in [0.4, 0.5) is 5.69 Å². The first-order chi connectivity index (χ1) is 6.95. The van der Waals surface area contributed by atoms with Crippen LogP contribution in [0.5, 0.6) is 0 Å². The standard InChI is InChI=1S/C7H5BrN2O5/c8-6-4(5(11)7(12)13)3(10(14)15)1-2-9-6/h1-2,5,11H,(H,12,13). The lowest BCUT2D eigenvalue weighted by Crippen LogP contribution is -2.13. The molecule has 0 bridgehead atoms. The van der Waals surface area contributed by atoms with Gasteiger partial charge in [-0.05, 0) is 15.9 Å². The second kappa shape index (κ2) is 4.32. The van der Waals surface area contributed by atoms with E-state index in [-0.39, 0.29) is 10.2 Å². The zero-order valence-corrected chi connectivity index (χ0v) is 8.71. The van der Waals surface area contributed by atoms with Gasteiger partial charge in [-0.2, -0.15) is 0 Å². The Kier molecular flexibility index (Phi) is 3.32. The van der Waals surface area contributed by atoms with Gasteiger partial charge in [0.15, 0.2) is 6.10 Å². The zero-order valence-electron chi connectivity index (χ0n) is 7.12. The largest absolute Gasteiger partial charge is 0.479 e. The first-order valence-corrected chi connectivity index (χ1v) is 4.44. The van der Waals surface area contributed by atoms with Crippen molar-refractivity contribution in [3.8, 4) is 0 Å². The smallest absolute Gasteiger partial charge is 0.337 e. The number of hydrogen-bond acceptors (Lipinski definition) is 5. The molecule has 1 aromatic heterocycles. The molecule has 0 radical (unpaired) electrons. The number of carboxylic acid groups (broad SMARTS) is 1. The molecule has 0 fully saturated rings. The van der Waals surface area contributed by atoms with E-state index in [1.54, 1.807) is 0 Å². The van der Waals surface area contributed by atoms with Gasteiger partial charge in [-0.3, -0.25) is 10.1 Å². The molecule has 1 heterocycles.